The third-order valence-electron chi connectivity index (χ3n) is 2.16. The first kappa shape index (κ1) is 11.7. The zero-order chi connectivity index (χ0) is 13.3. The molecule has 0 amide bonds. The molecule has 0 saturated carbocycles. The summed E-state index contributed by atoms with van der Waals surface area (Å²) in [6.45, 7) is 0. The van der Waals surface area contributed by atoms with Crippen LogP contribution in [0, 0.1) is 10.1 Å². The Bertz CT molecular complexity index is 630. The van der Waals surface area contributed by atoms with Crippen molar-refractivity contribution in [1.82, 2.24) is 0 Å². The molecule has 0 unspecified atom stereocenters. The van der Waals surface area contributed by atoms with Gasteiger partial charge in [-0.05, 0) is 0 Å². The minimum Gasteiger partial charge on any atom is -0.493 e. The predicted octanol–water partition coefficient (Wildman–Crippen LogP) is 2.41. The number of fused-ring (bicyclic) bond motifs is 1. The summed E-state index contributed by atoms with van der Waals surface area (Å²) in [6, 6.07) is 3.64. The maximum absolute atomic E-state index is 10.7. The topological polar surface area (TPSA) is 112 Å². The van der Waals surface area contributed by atoms with Crippen molar-refractivity contribution in [3.05, 3.63) is 28.3 Å². The lowest BCUT2D eigenvalue weighted by Crippen LogP contribution is -2.01. The molecule has 0 radical (unpaired) electrons. The van der Waals surface area contributed by atoms with E-state index in [0.29, 0.717) is 5.39 Å². The van der Waals surface area contributed by atoms with Crippen LogP contribution in [0.15, 0.2) is 22.6 Å². The first-order valence-corrected chi connectivity index (χ1v) is 4.68. The molecule has 0 aliphatic carbocycles. The Morgan fingerprint density at radius 3 is 2.72 bits per heavy atom. The van der Waals surface area contributed by atoms with Crippen LogP contribution in [-0.4, -0.2) is 23.3 Å². The van der Waals surface area contributed by atoms with E-state index in [2.05, 4.69) is 4.74 Å². The predicted molar refractivity (Wildman–Crippen MR) is 58.1 cm³/mol. The summed E-state index contributed by atoms with van der Waals surface area (Å²) < 4.78 is 14.3. The molecule has 0 saturated heterocycles. The number of carbonyl (C=O) groups is 1. The molecule has 2 rings (SSSR count). The van der Waals surface area contributed by atoms with Crippen LogP contribution in [0.4, 0.5) is 10.5 Å². The molecule has 0 atom stereocenters. The number of hydrogen-bond acceptors (Lipinski definition) is 6. The number of rotatable bonds is 3. The fourth-order valence-electron chi connectivity index (χ4n) is 1.48. The second kappa shape index (κ2) is 4.24. The normalized spacial score (nSPS) is 10.3. The van der Waals surface area contributed by atoms with Crippen molar-refractivity contribution in [2.45, 2.75) is 0 Å². The van der Waals surface area contributed by atoms with Crippen molar-refractivity contribution in [2.75, 3.05) is 7.11 Å². The Morgan fingerprint density at radius 2 is 2.17 bits per heavy atom. The maximum Gasteiger partial charge on any atom is 0.513 e. The largest absolute Gasteiger partial charge is 0.513 e. The van der Waals surface area contributed by atoms with Crippen LogP contribution in [0.3, 0.4) is 0 Å². The fraction of sp³-hybridized carbons (Fsp3) is 0.100. The van der Waals surface area contributed by atoms with Crippen molar-refractivity contribution in [3.63, 3.8) is 0 Å². The summed E-state index contributed by atoms with van der Waals surface area (Å²) >= 11 is 0. The van der Waals surface area contributed by atoms with Gasteiger partial charge in [0, 0.05) is 17.5 Å². The van der Waals surface area contributed by atoms with E-state index in [4.69, 9.17) is 14.3 Å². The number of carboxylic acid groups (broad SMARTS) is 1. The second-order valence-corrected chi connectivity index (χ2v) is 3.26. The van der Waals surface area contributed by atoms with E-state index >= 15 is 0 Å². The summed E-state index contributed by atoms with van der Waals surface area (Å²) in [5.74, 6) is -0.157. The summed E-state index contributed by atoms with van der Waals surface area (Å²) in [7, 11) is 1.32. The maximum atomic E-state index is 10.7. The quantitative estimate of drug-likeness (QED) is 0.507. The van der Waals surface area contributed by atoms with Gasteiger partial charge >= 0.3 is 6.16 Å². The highest BCUT2D eigenvalue weighted by Crippen LogP contribution is 2.35. The third-order valence-corrected chi connectivity index (χ3v) is 2.16. The Labute approximate surface area is 99.5 Å². The molecule has 18 heavy (non-hydrogen) atoms. The van der Waals surface area contributed by atoms with Gasteiger partial charge in [0.05, 0.1) is 18.1 Å². The van der Waals surface area contributed by atoms with Crippen molar-refractivity contribution < 1.29 is 28.7 Å². The molecule has 1 N–H and O–H groups in total. The first-order valence-electron chi connectivity index (χ1n) is 4.68. The van der Waals surface area contributed by atoms with Crippen LogP contribution in [-0.2, 0) is 0 Å². The van der Waals surface area contributed by atoms with E-state index in [9.17, 15) is 14.9 Å². The molecule has 0 aliphatic heterocycles. The van der Waals surface area contributed by atoms with Crippen LogP contribution < -0.4 is 9.47 Å². The van der Waals surface area contributed by atoms with Gasteiger partial charge in [-0.2, -0.15) is 0 Å². The van der Waals surface area contributed by atoms with Crippen LogP contribution in [0.2, 0.25) is 0 Å². The Hall–Kier alpha value is -2.77. The zero-order valence-electron chi connectivity index (χ0n) is 9.08. The molecule has 8 heteroatoms. The molecule has 2 aromatic rings. The van der Waals surface area contributed by atoms with Crippen LogP contribution in [0.1, 0.15) is 0 Å². The van der Waals surface area contributed by atoms with Gasteiger partial charge in [0.15, 0.2) is 11.3 Å². The highest BCUT2D eigenvalue weighted by molar-refractivity contribution is 5.87. The molecule has 94 valence electrons. The standard InChI is InChI=1S/C10H7NO7/c1-16-7-4-6(11(14)15)2-5-3-8(17-9(5)7)18-10(12)13/h2-4H,1H3,(H,12,13). The third kappa shape index (κ3) is 2.03. The summed E-state index contributed by atoms with van der Waals surface area (Å²) in [5, 5.41) is 19.4. The summed E-state index contributed by atoms with van der Waals surface area (Å²) in [5.41, 5.74) is -0.0126. The Balaban J connectivity index is 2.59. The molecule has 1 aromatic heterocycles. The number of methoxy groups -OCH3 is 1. The van der Waals surface area contributed by atoms with Crippen molar-refractivity contribution in [2.24, 2.45) is 0 Å². The molecule has 0 fully saturated rings. The van der Waals surface area contributed by atoms with E-state index < -0.39 is 11.1 Å². The van der Waals surface area contributed by atoms with Crippen molar-refractivity contribution in [3.8, 4) is 11.7 Å². The molecular weight excluding hydrogens is 246 g/mol. The number of ether oxygens (including phenoxy) is 2. The smallest absolute Gasteiger partial charge is 0.493 e. The van der Waals surface area contributed by atoms with Crippen LogP contribution in [0.25, 0.3) is 11.0 Å². The number of benzene rings is 1. The van der Waals surface area contributed by atoms with Crippen molar-refractivity contribution in [1.29, 1.82) is 0 Å². The van der Waals surface area contributed by atoms with E-state index in [1.54, 1.807) is 0 Å². The van der Waals surface area contributed by atoms with Gasteiger partial charge in [-0.25, -0.2) is 4.79 Å². The number of furan rings is 1. The fourth-order valence-corrected chi connectivity index (χ4v) is 1.48. The molecule has 0 bridgehead atoms. The molecule has 8 nitrogen and oxygen atoms in total. The minimum absolute atomic E-state index is 0.124. The average molecular weight is 253 g/mol. The number of hydrogen-bond donors (Lipinski definition) is 1. The number of nitrogens with zero attached hydrogens (tertiary/aromatic N) is 1. The molecule has 1 aromatic carbocycles. The molecule has 0 spiro atoms. The van der Waals surface area contributed by atoms with E-state index in [1.165, 1.54) is 25.3 Å². The average Bonchev–Trinajstić information content (AvgIpc) is 2.68. The van der Waals surface area contributed by atoms with Crippen LogP contribution >= 0.6 is 0 Å². The zero-order valence-corrected chi connectivity index (χ0v) is 9.08. The van der Waals surface area contributed by atoms with Gasteiger partial charge in [-0.3, -0.25) is 10.1 Å². The Kier molecular flexibility index (Phi) is 2.76. The first-order chi connectivity index (χ1) is 8.51. The summed E-state index contributed by atoms with van der Waals surface area (Å²) in [4.78, 5) is 20.5. The van der Waals surface area contributed by atoms with E-state index in [1.807, 2.05) is 0 Å². The number of nitro benzene ring substituents is 1. The van der Waals surface area contributed by atoms with Gasteiger partial charge in [-0.15, -0.1) is 0 Å². The number of non-ortho nitro benzene ring substituents is 1. The lowest BCUT2D eigenvalue weighted by Gasteiger charge is -1.99. The summed E-state index contributed by atoms with van der Waals surface area (Å²) in [6.07, 6.45) is -1.54. The lowest BCUT2D eigenvalue weighted by atomic mass is 10.2. The SMILES string of the molecule is COc1cc([N+](=O)[O-])cc2cc(OC(=O)O)oc12. The van der Waals surface area contributed by atoms with Gasteiger partial charge in [0.2, 0.25) is 0 Å². The van der Waals surface area contributed by atoms with Crippen LogP contribution in [0.5, 0.6) is 11.7 Å². The minimum atomic E-state index is -1.54. The van der Waals surface area contributed by atoms with Gasteiger partial charge in [0.25, 0.3) is 11.6 Å². The van der Waals surface area contributed by atoms with Crippen molar-refractivity contribution >= 4 is 22.8 Å². The Morgan fingerprint density at radius 1 is 1.44 bits per heavy atom. The second-order valence-electron chi connectivity index (χ2n) is 3.26. The molecule has 1 heterocycles. The highest BCUT2D eigenvalue weighted by Gasteiger charge is 2.17. The number of nitro groups is 1. The van der Waals surface area contributed by atoms with Gasteiger partial charge in [-0.1, -0.05) is 0 Å². The van der Waals surface area contributed by atoms with Gasteiger partial charge < -0.3 is 19.0 Å². The highest BCUT2D eigenvalue weighted by atomic mass is 16.7. The van der Waals surface area contributed by atoms with Gasteiger partial charge in [0.1, 0.15) is 0 Å². The van der Waals surface area contributed by atoms with E-state index in [0.717, 1.165) is 0 Å². The molecular formula is C10H7NO7. The monoisotopic (exact) mass is 253 g/mol. The molecule has 0 aliphatic rings. The lowest BCUT2D eigenvalue weighted by molar-refractivity contribution is -0.384. The van der Waals surface area contributed by atoms with E-state index in [-0.39, 0.29) is 23.0 Å².